The molecule has 0 aliphatic carbocycles. The number of phosphoric acid groups is 1. The van der Waals surface area contributed by atoms with Gasteiger partial charge in [-0.2, -0.15) is 0 Å². The standard InChI is InChI=1S/C5H11O7P/c6-2-4-3(7)1-5(11-4)12-13(8,9)10/h3-7H,1-2H2,(H2,8,9,10)/t3?,4?,5-/m1/s1/i1T2. The van der Waals surface area contributed by atoms with Crippen molar-refractivity contribution in [2.75, 3.05) is 6.61 Å². The van der Waals surface area contributed by atoms with Gasteiger partial charge in [-0.3, -0.25) is 4.52 Å². The Morgan fingerprint density at radius 2 is 2.31 bits per heavy atom. The van der Waals surface area contributed by atoms with Crippen molar-refractivity contribution in [1.29, 1.82) is 0 Å². The minimum Gasteiger partial charge on any atom is -0.394 e. The largest absolute Gasteiger partial charge is 0.471 e. The van der Waals surface area contributed by atoms with Gasteiger partial charge in [-0.15, -0.1) is 0 Å². The monoisotopic (exact) mass is 218 g/mol. The van der Waals surface area contributed by atoms with Crippen LogP contribution in [0.4, 0.5) is 0 Å². The quantitative estimate of drug-likeness (QED) is 0.429. The molecule has 1 rings (SSSR count). The van der Waals surface area contributed by atoms with Crippen LogP contribution >= 0.6 is 7.82 Å². The van der Waals surface area contributed by atoms with Gasteiger partial charge in [0.15, 0.2) is 6.29 Å². The van der Waals surface area contributed by atoms with E-state index in [1.54, 1.807) is 0 Å². The van der Waals surface area contributed by atoms with Crippen LogP contribution in [0, 0.1) is 0 Å². The van der Waals surface area contributed by atoms with E-state index in [4.69, 9.17) is 17.6 Å². The van der Waals surface area contributed by atoms with Crippen LogP contribution in [-0.2, 0) is 13.8 Å². The zero-order valence-corrected chi connectivity index (χ0v) is 7.29. The molecule has 0 saturated carbocycles. The predicted octanol–water partition coefficient (Wildman–Crippen LogP) is -1.44. The summed E-state index contributed by atoms with van der Waals surface area (Å²) in [5, 5.41) is 18.0. The van der Waals surface area contributed by atoms with E-state index < -0.39 is 39.3 Å². The fraction of sp³-hybridized carbons (Fsp3) is 1.00. The minimum atomic E-state index is -4.92. The van der Waals surface area contributed by atoms with Crippen LogP contribution in [-0.4, -0.2) is 45.1 Å². The minimum absolute atomic E-state index is 0.679. The second-order valence-electron chi connectivity index (χ2n) is 2.40. The Labute approximate surface area is 77.0 Å². The first-order chi connectivity index (χ1) is 6.68. The lowest BCUT2D eigenvalue weighted by atomic mass is 10.2. The fourth-order valence-corrected chi connectivity index (χ4v) is 1.20. The van der Waals surface area contributed by atoms with E-state index in [2.05, 4.69) is 9.26 Å². The molecule has 1 aliphatic rings. The molecular weight excluding hydrogens is 203 g/mol. The van der Waals surface area contributed by atoms with Crippen LogP contribution in [0.3, 0.4) is 0 Å². The number of ether oxygens (including phenoxy) is 1. The third-order valence-corrected chi connectivity index (χ3v) is 1.84. The molecule has 8 heteroatoms. The van der Waals surface area contributed by atoms with Gasteiger partial charge in [-0.1, -0.05) is 0 Å². The maximum Gasteiger partial charge on any atom is 0.471 e. The number of hydrogen-bond donors (Lipinski definition) is 4. The first kappa shape index (κ1) is 8.31. The van der Waals surface area contributed by atoms with E-state index in [-0.39, 0.29) is 0 Å². The molecule has 78 valence electrons. The van der Waals surface area contributed by atoms with E-state index in [1.165, 1.54) is 0 Å². The molecule has 7 nitrogen and oxygen atoms in total. The van der Waals surface area contributed by atoms with Gasteiger partial charge in [0, 0.05) is 9.11 Å². The Bertz CT molecular complexity index is 279. The molecular formula is C5H11O7P. The summed E-state index contributed by atoms with van der Waals surface area (Å²) in [4.78, 5) is 16.9. The van der Waals surface area contributed by atoms with Crippen LogP contribution in [0.2, 0.25) is 0 Å². The average molecular weight is 218 g/mol. The lowest BCUT2D eigenvalue weighted by molar-refractivity contribution is -0.102. The summed E-state index contributed by atoms with van der Waals surface area (Å²) in [7, 11) is -4.92. The summed E-state index contributed by atoms with van der Waals surface area (Å²) in [6.07, 6.45) is -7.38. The lowest BCUT2D eigenvalue weighted by Crippen LogP contribution is -2.24. The molecule has 1 saturated heterocycles. The van der Waals surface area contributed by atoms with E-state index in [0.717, 1.165) is 0 Å². The van der Waals surface area contributed by atoms with Crippen LogP contribution < -0.4 is 0 Å². The third kappa shape index (κ3) is 3.32. The smallest absolute Gasteiger partial charge is 0.394 e. The van der Waals surface area contributed by atoms with E-state index >= 15 is 0 Å². The molecule has 0 spiro atoms. The van der Waals surface area contributed by atoms with Crippen LogP contribution in [0.5, 0.6) is 0 Å². The summed E-state index contributed by atoms with van der Waals surface area (Å²) in [6, 6.07) is 0. The number of phosphoric ester groups is 1. The van der Waals surface area contributed by atoms with Crippen molar-refractivity contribution in [2.45, 2.75) is 24.9 Å². The summed E-state index contributed by atoms with van der Waals surface area (Å²) in [5.74, 6) is 0. The molecule has 3 atom stereocenters. The van der Waals surface area contributed by atoms with Gasteiger partial charge in [-0.05, 0) is 0 Å². The van der Waals surface area contributed by atoms with Crippen LogP contribution in [0.15, 0.2) is 0 Å². The van der Waals surface area contributed by atoms with Gasteiger partial charge in [-0.25, -0.2) is 4.57 Å². The maximum atomic E-state index is 10.5. The van der Waals surface area contributed by atoms with Crippen molar-refractivity contribution in [3.05, 3.63) is 0 Å². The zero-order valence-electron chi connectivity index (χ0n) is 8.40. The Morgan fingerprint density at radius 1 is 1.69 bits per heavy atom. The third-order valence-electron chi connectivity index (χ3n) is 1.37. The Hall–Kier alpha value is -0.0100. The van der Waals surface area contributed by atoms with Gasteiger partial charge in [0.2, 0.25) is 0 Å². The molecule has 0 aromatic rings. The highest BCUT2D eigenvalue weighted by Gasteiger charge is 2.37. The van der Waals surface area contributed by atoms with Crippen LogP contribution in [0.25, 0.3) is 0 Å². The highest BCUT2D eigenvalue weighted by Crippen LogP contribution is 2.40. The lowest BCUT2D eigenvalue weighted by Gasteiger charge is -2.12. The van der Waals surface area contributed by atoms with Crippen molar-refractivity contribution in [3.63, 3.8) is 0 Å². The molecule has 0 radical (unpaired) electrons. The molecule has 0 aromatic heterocycles. The highest BCUT2D eigenvalue weighted by atomic mass is 31.2. The molecule has 0 aromatic carbocycles. The fourth-order valence-electron chi connectivity index (χ4n) is 0.842. The van der Waals surface area contributed by atoms with Gasteiger partial charge < -0.3 is 24.7 Å². The molecule has 0 bridgehead atoms. The first-order valence-electron chi connectivity index (χ1n) is 4.37. The topological polar surface area (TPSA) is 116 Å². The van der Waals surface area contributed by atoms with Crippen molar-refractivity contribution < 1.29 is 36.6 Å². The average Bonchev–Trinajstić information content (AvgIpc) is 2.26. The molecule has 1 aliphatic heterocycles. The summed E-state index contributed by atoms with van der Waals surface area (Å²) in [5.41, 5.74) is 0. The Morgan fingerprint density at radius 3 is 2.69 bits per heavy atom. The molecule has 1 heterocycles. The predicted molar refractivity (Wildman–Crippen MR) is 39.5 cm³/mol. The molecule has 0 amide bonds. The molecule has 1 fully saturated rings. The zero-order chi connectivity index (χ0) is 11.9. The highest BCUT2D eigenvalue weighted by molar-refractivity contribution is 7.46. The van der Waals surface area contributed by atoms with E-state index in [1.807, 2.05) is 0 Å². The summed E-state index contributed by atoms with van der Waals surface area (Å²) in [6.45, 7) is -0.679. The normalized spacial score (nSPS) is 41.4. The number of aliphatic hydroxyl groups is 2. The van der Waals surface area contributed by atoms with E-state index in [9.17, 15) is 9.67 Å². The van der Waals surface area contributed by atoms with Gasteiger partial charge >= 0.3 is 7.82 Å². The maximum absolute atomic E-state index is 10.5. The van der Waals surface area contributed by atoms with Gasteiger partial charge in [0.05, 0.1) is 12.7 Å². The molecule has 13 heavy (non-hydrogen) atoms. The van der Waals surface area contributed by atoms with E-state index in [0.29, 0.717) is 0 Å². The molecule has 4 N–H and O–H groups in total. The van der Waals surface area contributed by atoms with Crippen molar-refractivity contribution in [2.24, 2.45) is 0 Å². The number of aliphatic hydroxyl groups excluding tert-OH is 2. The van der Waals surface area contributed by atoms with Crippen LogP contribution in [0.1, 0.15) is 9.11 Å². The Balaban J connectivity index is 2.79. The summed E-state index contributed by atoms with van der Waals surface area (Å²) < 4.78 is 33.6. The van der Waals surface area contributed by atoms with Gasteiger partial charge in [0.25, 0.3) is 0 Å². The summed E-state index contributed by atoms with van der Waals surface area (Å²) >= 11 is 0. The Kier molecular flexibility index (Phi) is 2.57. The second-order valence-corrected chi connectivity index (χ2v) is 3.59. The SMILES string of the molecule is [3H]C1([3H])C(O)C(CO)O[C@@H]1OP(=O)(O)O. The number of hydrogen-bond acceptors (Lipinski definition) is 5. The van der Waals surface area contributed by atoms with Crippen molar-refractivity contribution in [3.8, 4) is 0 Å². The first-order valence-corrected chi connectivity index (χ1v) is 4.90. The van der Waals surface area contributed by atoms with Gasteiger partial charge in [0.1, 0.15) is 6.10 Å². The number of rotatable bonds is 3. The van der Waals surface area contributed by atoms with Crippen molar-refractivity contribution >= 4 is 7.82 Å². The second kappa shape index (κ2) is 4.02. The molecule has 2 unspecified atom stereocenters. The van der Waals surface area contributed by atoms with Crippen molar-refractivity contribution in [1.82, 2.24) is 0 Å².